The Balaban J connectivity index is 1.51. The SMILES string of the molecule is CCOc1ccc(C2CCCN2CC(=O)NC(=O)NC2CCCC2)cc1. The summed E-state index contributed by atoms with van der Waals surface area (Å²) in [6.07, 6.45) is 6.39. The van der Waals surface area contributed by atoms with Crippen molar-refractivity contribution in [1.29, 1.82) is 0 Å². The van der Waals surface area contributed by atoms with E-state index >= 15 is 0 Å². The summed E-state index contributed by atoms with van der Waals surface area (Å²) in [6, 6.07) is 8.16. The highest BCUT2D eigenvalue weighted by Gasteiger charge is 2.28. The third-order valence-electron chi connectivity index (χ3n) is 5.23. The van der Waals surface area contributed by atoms with Crippen LogP contribution in [-0.4, -0.2) is 42.6 Å². The van der Waals surface area contributed by atoms with Crippen molar-refractivity contribution in [2.45, 2.75) is 57.5 Å². The number of ether oxygens (including phenoxy) is 1. The van der Waals surface area contributed by atoms with Crippen LogP contribution in [0.2, 0.25) is 0 Å². The number of urea groups is 1. The second kappa shape index (κ2) is 9.03. The first-order chi connectivity index (χ1) is 12.7. The number of rotatable bonds is 6. The fourth-order valence-corrected chi connectivity index (χ4v) is 3.99. The van der Waals surface area contributed by atoms with Crippen LogP contribution < -0.4 is 15.4 Å². The van der Waals surface area contributed by atoms with Gasteiger partial charge in [0.1, 0.15) is 5.75 Å². The number of likely N-dealkylation sites (tertiary alicyclic amines) is 1. The van der Waals surface area contributed by atoms with Gasteiger partial charge >= 0.3 is 6.03 Å². The molecule has 2 N–H and O–H groups in total. The average Bonchev–Trinajstić information content (AvgIpc) is 3.27. The van der Waals surface area contributed by atoms with Crippen molar-refractivity contribution in [1.82, 2.24) is 15.5 Å². The van der Waals surface area contributed by atoms with E-state index in [4.69, 9.17) is 4.74 Å². The number of nitrogens with zero attached hydrogens (tertiary/aromatic N) is 1. The van der Waals surface area contributed by atoms with E-state index in [0.29, 0.717) is 6.61 Å². The summed E-state index contributed by atoms with van der Waals surface area (Å²) in [7, 11) is 0. The molecule has 1 atom stereocenters. The second-order valence-corrected chi connectivity index (χ2v) is 7.13. The van der Waals surface area contributed by atoms with E-state index < -0.39 is 0 Å². The Morgan fingerprint density at radius 3 is 2.54 bits per heavy atom. The molecule has 0 aromatic heterocycles. The Morgan fingerprint density at radius 2 is 1.85 bits per heavy atom. The molecule has 26 heavy (non-hydrogen) atoms. The molecule has 3 amide bonds. The normalized spacial score (nSPS) is 20.9. The monoisotopic (exact) mass is 359 g/mol. The van der Waals surface area contributed by atoms with Crippen molar-refractivity contribution < 1.29 is 14.3 Å². The molecule has 0 bridgehead atoms. The fraction of sp³-hybridized carbons (Fsp3) is 0.600. The number of carbonyl (C=O) groups is 2. The van der Waals surface area contributed by atoms with Gasteiger partial charge in [-0.3, -0.25) is 15.0 Å². The third kappa shape index (κ3) is 4.97. The second-order valence-electron chi connectivity index (χ2n) is 7.13. The van der Waals surface area contributed by atoms with Gasteiger partial charge in [-0.05, 0) is 56.8 Å². The molecule has 3 rings (SSSR count). The highest BCUT2D eigenvalue weighted by molar-refractivity contribution is 5.95. The maximum absolute atomic E-state index is 12.3. The number of carbonyl (C=O) groups excluding carboxylic acids is 2. The standard InChI is InChI=1S/C20H29N3O3/c1-2-26-17-11-9-15(10-12-17)18-8-5-13-23(18)14-19(24)22-20(25)21-16-6-3-4-7-16/h9-12,16,18H,2-8,13-14H2,1H3,(H2,21,22,24,25). The first-order valence-corrected chi connectivity index (χ1v) is 9.73. The fourth-order valence-electron chi connectivity index (χ4n) is 3.99. The molecule has 0 spiro atoms. The van der Waals surface area contributed by atoms with Crippen LogP contribution in [-0.2, 0) is 4.79 Å². The topological polar surface area (TPSA) is 70.7 Å². The largest absolute Gasteiger partial charge is 0.494 e. The molecule has 1 saturated heterocycles. The Labute approximate surface area is 155 Å². The predicted molar refractivity (Wildman–Crippen MR) is 100 cm³/mol. The third-order valence-corrected chi connectivity index (χ3v) is 5.23. The van der Waals surface area contributed by atoms with Gasteiger partial charge in [0.2, 0.25) is 5.91 Å². The van der Waals surface area contributed by atoms with Crippen molar-refractivity contribution in [2.24, 2.45) is 0 Å². The summed E-state index contributed by atoms with van der Waals surface area (Å²) in [5.41, 5.74) is 1.19. The molecule has 0 radical (unpaired) electrons. The van der Waals surface area contributed by atoms with Crippen LogP contribution in [0.3, 0.4) is 0 Å². The van der Waals surface area contributed by atoms with Crippen molar-refractivity contribution in [3.05, 3.63) is 29.8 Å². The van der Waals surface area contributed by atoms with Gasteiger partial charge in [-0.25, -0.2) is 4.79 Å². The molecule has 6 nitrogen and oxygen atoms in total. The predicted octanol–water partition coefficient (Wildman–Crippen LogP) is 2.99. The van der Waals surface area contributed by atoms with Gasteiger partial charge in [-0.15, -0.1) is 0 Å². The summed E-state index contributed by atoms with van der Waals surface area (Å²) >= 11 is 0. The van der Waals surface area contributed by atoms with Gasteiger partial charge < -0.3 is 10.1 Å². The lowest BCUT2D eigenvalue weighted by atomic mass is 10.0. The minimum Gasteiger partial charge on any atom is -0.494 e. The molecule has 1 aliphatic carbocycles. The Morgan fingerprint density at radius 1 is 1.12 bits per heavy atom. The number of benzene rings is 1. The van der Waals surface area contributed by atoms with Gasteiger partial charge in [-0.2, -0.15) is 0 Å². The molecule has 1 aromatic carbocycles. The molecule has 1 aromatic rings. The number of imide groups is 1. The van der Waals surface area contributed by atoms with E-state index in [-0.39, 0.29) is 30.6 Å². The van der Waals surface area contributed by atoms with E-state index in [0.717, 1.165) is 50.8 Å². The molecule has 6 heteroatoms. The maximum atomic E-state index is 12.3. The van der Waals surface area contributed by atoms with Gasteiger partial charge in [-0.1, -0.05) is 25.0 Å². The quantitative estimate of drug-likeness (QED) is 0.819. The van der Waals surface area contributed by atoms with Gasteiger partial charge in [0.05, 0.1) is 13.2 Å². The maximum Gasteiger partial charge on any atom is 0.321 e. The molecule has 1 heterocycles. The lowest BCUT2D eigenvalue weighted by Crippen LogP contribution is -2.46. The Bertz CT molecular complexity index is 611. The lowest BCUT2D eigenvalue weighted by molar-refractivity contribution is -0.121. The first-order valence-electron chi connectivity index (χ1n) is 9.73. The van der Waals surface area contributed by atoms with Crippen molar-refractivity contribution >= 4 is 11.9 Å². The van der Waals surface area contributed by atoms with E-state index in [9.17, 15) is 9.59 Å². The summed E-state index contributed by atoms with van der Waals surface area (Å²) in [5.74, 6) is 0.625. The molecule has 1 saturated carbocycles. The van der Waals surface area contributed by atoms with E-state index in [1.165, 1.54) is 5.56 Å². The number of nitrogens with one attached hydrogen (secondary N) is 2. The molecular formula is C20H29N3O3. The van der Waals surface area contributed by atoms with Crippen LogP contribution in [0, 0.1) is 0 Å². The minimum atomic E-state index is -0.362. The van der Waals surface area contributed by atoms with Gasteiger partial charge in [0.15, 0.2) is 0 Å². The van der Waals surface area contributed by atoms with Gasteiger partial charge in [0.25, 0.3) is 0 Å². The van der Waals surface area contributed by atoms with Crippen LogP contribution in [0.25, 0.3) is 0 Å². The highest BCUT2D eigenvalue weighted by Crippen LogP contribution is 2.32. The van der Waals surface area contributed by atoms with E-state index in [1.54, 1.807) is 0 Å². The number of hydrogen-bond acceptors (Lipinski definition) is 4. The number of amides is 3. The lowest BCUT2D eigenvalue weighted by Gasteiger charge is -2.24. The zero-order valence-electron chi connectivity index (χ0n) is 15.5. The summed E-state index contributed by atoms with van der Waals surface area (Å²) in [5, 5.41) is 5.37. The van der Waals surface area contributed by atoms with Gasteiger partial charge in [0, 0.05) is 12.1 Å². The molecule has 1 unspecified atom stereocenters. The highest BCUT2D eigenvalue weighted by atomic mass is 16.5. The van der Waals surface area contributed by atoms with Crippen LogP contribution in [0.4, 0.5) is 4.79 Å². The van der Waals surface area contributed by atoms with Crippen LogP contribution in [0.1, 0.15) is 57.1 Å². The van der Waals surface area contributed by atoms with Crippen molar-refractivity contribution in [3.8, 4) is 5.75 Å². The average molecular weight is 359 g/mol. The Kier molecular flexibility index (Phi) is 6.50. The van der Waals surface area contributed by atoms with E-state index in [1.807, 2.05) is 19.1 Å². The molecular weight excluding hydrogens is 330 g/mol. The summed E-state index contributed by atoms with van der Waals surface area (Å²) in [4.78, 5) is 26.4. The zero-order chi connectivity index (χ0) is 18.4. The van der Waals surface area contributed by atoms with Crippen LogP contribution in [0.15, 0.2) is 24.3 Å². The molecule has 2 fully saturated rings. The minimum absolute atomic E-state index is 0.214. The van der Waals surface area contributed by atoms with E-state index in [2.05, 4.69) is 27.7 Å². The molecule has 142 valence electrons. The summed E-state index contributed by atoms with van der Waals surface area (Å²) < 4.78 is 5.49. The molecule has 2 aliphatic rings. The smallest absolute Gasteiger partial charge is 0.321 e. The zero-order valence-corrected chi connectivity index (χ0v) is 15.5. The number of hydrogen-bond donors (Lipinski definition) is 2. The molecule has 1 aliphatic heterocycles. The van der Waals surface area contributed by atoms with Crippen LogP contribution >= 0.6 is 0 Å². The Hall–Kier alpha value is -2.08. The summed E-state index contributed by atoms with van der Waals surface area (Å²) in [6.45, 7) is 3.73. The van der Waals surface area contributed by atoms with Crippen molar-refractivity contribution in [2.75, 3.05) is 19.7 Å². The van der Waals surface area contributed by atoms with Crippen molar-refractivity contribution in [3.63, 3.8) is 0 Å². The first kappa shape index (κ1) is 18.7. The van der Waals surface area contributed by atoms with Crippen LogP contribution in [0.5, 0.6) is 5.75 Å².